The van der Waals surface area contributed by atoms with Crippen LogP contribution in [0.2, 0.25) is 0 Å². The molecule has 180 valence electrons. The topological polar surface area (TPSA) is 86.8 Å². The van der Waals surface area contributed by atoms with Crippen LogP contribution < -0.4 is 20.4 Å². The molecular formula is C26H33N5O3. The highest BCUT2D eigenvalue weighted by molar-refractivity contribution is 6.13. The Morgan fingerprint density at radius 3 is 2.44 bits per heavy atom. The van der Waals surface area contributed by atoms with Gasteiger partial charge < -0.3 is 25.2 Å². The highest BCUT2D eigenvalue weighted by Crippen LogP contribution is 2.40. The van der Waals surface area contributed by atoms with E-state index in [2.05, 4.69) is 20.5 Å². The number of benzene rings is 1. The molecule has 8 heteroatoms. The minimum Gasteiger partial charge on any atom is -0.381 e. The normalized spacial score (nSPS) is 23.1. The van der Waals surface area contributed by atoms with Gasteiger partial charge in [-0.1, -0.05) is 12.1 Å². The molecule has 2 aliphatic heterocycles. The fourth-order valence-electron chi connectivity index (χ4n) is 5.28. The molecule has 1 aromatic heterocycles. The molecule has 1 aromatic carbocycles. The molecule has 2 N–H and O–H groups in total. The van der Waals surface area contributed by atoms with Gasteiger partial charge in [-0.15, -0.1) is 0 Å². The summed E-state index contributed by atoms with van der Waals surface area (Å²) < 4.78 is 5.39. The van der Waals surface area contributed by atoms with Crippen LogP contribution in [0.4, 0.5) is 22.9 Å². The number of rotatable bonds is 4. The maximum Gasteiger partial charge on any atom is 0.260 e. The first-order valence-electron chi connectivity index (χ1n) is 12.3. The molecule has 0 spiro atoms. The number of fused-ring (bicyclic) bond motifs is 2. The van der Waals surface area contributed by atoms with Gasteiger partial charge >= 0.3 is 0 Å². The van der Waals surface area contributed by atoms with Crippen LogP contribution in [0, 0.1) is 5.92 Å². The van der Waals surface area contributed by atoms with E-state index in [0.717, 1.165) is 74.6 Å². The van der Waals surface area contributed by atoms with Crippen LogP contribution >= 0.6 is 0 Å². The molecule has 5 rings (SSSR count). The molecule has 3 heterocycles. The number of carbonyl (C=O) groups is 2. The molecule has 0 bridgehead atoms. The van der Waals surface area contributed by atoms with Gasteiger partial charge in [-0.2, -0.15) is 0 Å². The van der Waals surface area contributed by atoms with E-state index in [1.165, 1.54) is 0 Å². The van der Waals surface area contributed by atoms with Gasteiger partial charge in [0, 0.05) is 51.4 Å². The minimum atomic E-state index is -0.0407. The van der Waals surface area contributed by atoms with Crippen molar-refractivity contribution in [3.05, 3.63) is 42.1 Å². The smallest absolute Gasteiger partial charge is 0.260 e. The van der Waals surface area contributed by atoms with Crippen LogP contribution in [-0.2, 0) is 9.53 Å². The number of nitrogens with one attached hydrogen (secondary N) is 2. The molecule has 0 atom stereocenters. The molecule has 8 nitrogen and oxygen atoms in total. The van der Waals surface area contributed by atoms with E-state index in [9.17, 15) is 9.59 Å². The van der Waals surface area contributed by atoms with E-state index in [-0.39, 0.29) is 29.8 Å². The summed E-state index contributed by atoms with van der Waals surface area (Å²) >= 11 is 0. The maximum atomic E-state index is 13.0. The summed E-state index contributed by atoms with van der Waals surface area (Å²) in [6.07, 6.45) is 7.21. The van der Waals surface area contributed by atoms with Crippen molar-refractivity contribution in [2.75, 3.05) is 42.4 Å². The van der Waals surface area contributed by atoms with Gasteiger partial charge in [0.2, 0.25) is 5.91 Å². The first kappa shape index (κ1) is 22.7. The SMILES string of the molecule is CN1C(=O)c2ccccc2N(C)c2cc(NC3CCC(C(=O)NC4CCOCC4)CC3)ncc21. The molecule has 2 fully saturated rings. The number of amides is 2. The Kier molecular flexibility index (Phi) is 6.41. The Balaban J connectivity index is 1.24. The average Bonchev–Trinajstić information content (AvgIpc) is 2.95. The Hall–Kier alpha value is -3.13. The molecule has 2 amide bonds. The summed E-state index contributed by atoms with van der Waals surface area (Å²) in [7, 11) is 3.77. The molecular weight excluding hydrogens is 430 g/mol. The van der Waals surface area contributed by atoms with Crippen molar-refractivity contribution >= 4 is 34.7 Å². The Labute approximate surface area is 200 Å². The van der Waals surface area contributed by atoms with Crippen LogP contribution in [0.3, 0.4) is 0 Å². The van der Waals surface area contributed by atoms with Crippen LogP contribution in [0.15, 0.2) is 36.5 Å². The lowest BCUT2D eigenvalue weighted by atomic mass is 9.85. The zero-order valence-electron chi connectivity index (χ0n) is 19.9. The largest absolute Gasteiger partial charge is 0.381 e. The summed E-state index contributed by atoms with van der Waals surface area (Å²) in [6, 6.07) is 10.2. The molecule has 0 radical (unpaired) electrons. The van der Waals surface area contributed by atoms with E-state index in [0.29, 0.717) is 5.56 Å². The first-order valence-corrected chi connectivity index (χ1v) is 12.3. The van der Waals surface area contributed by atoms with E-state index in [1.54, 1.807) is 18.1 Å². The van der Waals surface area contributed by atoms with Gasteiger partial charge in [0.15, 0.2) is 0 Å². The number of hydrogen-bond donors (Lipinski definition) is 2. The number of nitrogens with zero attached hydrogens (tertiary/aromatic N) is 3. The minimum absolute atomic E-state index is 0.0407. The maximum absolute atomic E-state index is 13.0. The van der Waals surface area contributed by atoms with Crippen molar-refractivity contribution in [2.24, 2.45) is 5.92 Å². The number of hydrogen-bond acceptors (Lipinski definition) is 6. The standard InChI is InChI=1S/C26H33N5O3/c1-30-21-6-4-3-5-20(21)26(33)31(2)23-16-27-24(15-22(23)30)28-18-9-7-17(8-10-18)25(32)29-19-11-13-34-14-12-19/h3-6,15-19H,7-14H2,1-2H3,(H,27,28)(H,29,32). The van der Waals surface area contributed by atoms with Crippen molar-refractivity contribution in [1.82, 2.24) is 10.3 Å². The van der Waals surface area contributed by atoms with Crippen LogP contribution in [0.1, 0.15) is 48.9 Å². The van der Waals surface area contributed by atoms with Crippen molar-refractivity contribution < 1.29 is 14.3 Å². The molecule has 2 aromatic rings. The average molecular weight is 464 g/mol. The zero-order chi connectivity index (χ0) is 23.7. The predicted molar refractivity (Wildman–Crippen MR) is 133 cm³/mol. The Bertz CT molecular complexity index is 1060. The van der Waals surface area contributed by atoms with Crippen LogP contribution in [0.25, 0.3) is 0 Å². The monoisotopic (exact) mass is 463 g/mol. The summed E-state index contributed by atoms with van der Waals surface area (Å²) in [5.41, 5.74) is 3.27. The number of aromatic nitrogens is 1. The molecule has 34 heavy (non-hydrogen) atoms. The predicted octanol–water partition coefficient (Wildman–Crippen LogP) is 3.71. The lowest BCUT2D eigenvalue weighted by molar-refractivity contribution is -0.127. The highest BCUT2D eigenvalue weighted by atomic mass is 16.5. The highest BCUT2D eigenvalue weighted by Gasteiger charge is 2.30. The Morgan fingerprint density at radius 2 is 1.68 bits per heavy atom. The van der Waals surface area contributed by atoms with E-state index in [4.69, 9.17) is 4.74 Å². The van der Waals surface area contributed by atoms with Gasteiger partial charge in [0.05, 0.1) is 28.8 Å². The fraction of sp³-hybridized carbons (Fsp3) is 0.500. The number of ether oxygens (including phenoxy) is 1. The number of para-hydroxylation sites is 1. The van der Waals surface area contributed by atoms with Crippen LogP contribution in [-0.4, -0.2) is 56.2 Å². The molecule has 1 saturated heterocycles. The third kappa shape index (κ3) is 4.46. The van der Waals surface area contributed by atoms with Crippen molar-refractivity contribution in [2.45, 2.75) is 50.6 Å². The van der Waals surface area contributed by atoms with Gasteiger partial charge in [-0.3, -0.25) is 9.59 Å². The lowest BCUT2D eigenvalue weighted by Crippen LogP contribution is -2.43. The second-order valence-corrected chi connectivity index (χ2v) is 9.59. The number of anilines is 4. The summed E-state index contributed by atoms with van der Waals surface area (Å²) in [4.78, 5) is 34.0. The van der Waals surface area contributed by atoms with E-state index < -0.39 is 0 Å². The number of pyridine rings is 1. The quantitative estimate of drug-likeness (QED) is 0.719. The fourth-order valence-corrected chi connectivity index (χ4v) is 5.28. The summed E-state index contributed by atoms with van der Waals surface area (Å²) in [5.74, 6) is 1.03. The summed E-state index contributed by atoms with van der Waals surface area (Å²) in [6.45, 7) is 1.47. The molecule has 1 saturated carbocycles. The van der Waals surface area contributed by atoms with Crippen molar-refractivity contribution in [3.8, 4) is 0 Å². The van der Waals surface area contributed by atoms with Crippen LogP contribution in [0.5, 0.6) is 0 Å². The van der Waals surface area contributed by atoms with E-state index >= 15 is 0 Å². The van der Waals surface area contributed by atoms with Crippen molar-refractivity contribution in [1.29, 1.82) is 0 Å². The van der Waals surface area contributed by atoms with Gasteiger partial charge in [0.25, 0.3) is 5.91 Å². The summed E-state index contributed by atoms with van der Waals surface area (Å²) in [5, 5.41) is 6.80. The zero-order valence-corrected chi connectivity index (χ0v) is 19.9. The van der Waals surface area contributed by atoms with E-state index in [1.807, 2.05) is 37.4 Å². The van der Waals surface area contributed by atoms with Gasteiger partial charge in [-0.05, 0) is 50.7 Å². The third-order valence-electron chi connectivity index (χ3n) is 7.40. The molecule has 1 aliphatic carbocycles. The van der Waals surface area contributed by atoms with Gasteiger partial charge in [-0.25, -0.2) is 4.98 Å². The third-order valence-corrected chi connectivity index (χ3v) is 7.40. The second kappa shape index (κ2) is 9.62. The molecule has 0 unspecified atom stereocenters. The second-order valence-electron chi connectivity index (χ2n) is 9.59. The van der Waals surface area contributed by atoms with Crippen molar-refractivity contribution in [3.63, 3.8) is 0 Å². The Morgan fingerprint density at radius 1 is 0.941 bits per heavy atom. The number of carbonyl (C=O) groups excluding carboxylic acids is 2. The van der Waals surface area contributed by atoms with Gasteiger partial charge in [0.1, 0.15) is 5.82 Å². The molecule has 3 aliphatic rings. The lowest BCUT2D eigenvalue weighted by Gasteiger charge is -2.31. The first-order chi connectivity index (χ1) is 16.5.